The molecule has 5 heteroatoms. The van der Waals surface area contributed by atoms with Gasteiger partial charge in [0.15, 0.2) is 0 Å². The van der Waals surface area contributed by atoms with Crippen molar-refractivity contribution in [3.8, 4) is 0 Å². The molecule has 0 aliphatic rings. The van der Waals surface area contributed by atoms with Gasteiger partial charge in [-0.1, -0.05) is 24.9 Å². The fraction of sp³-hybridized carbons (Fsp3) is 0.429. The molecule has 0 bridgehead atoms. The van der Waals surface area contributed by atoms with Gasteiger partial charge in [-0.05, 0) is 0 Å². The quantitative estimate of drug-likeness (QED) is 0.646. The molecule has 0 aromatic carbocycles. The van der Waals surface area contributed by atoms with Crippen molar-refractivity contribution < 1.29 is 0 Å². The van der Waals surface area contributed by atoms with E-state index < -0.39 is 8.07 Å². The highest BCUT2D eigenvalue weighted by atomic mass is 32.1. The van der Waals surface area contributed by atoms with Crippen LogP contribution in [0, 0.1) is 0 Å². The maximum absolute atomic E-state index is 4.06. The number of aromatic nitrogens is 3. The first-order valence-corrected chi connectivity index (χ1v) is 8.25. The van der Waals surface area contributed by atoms with E-state index in [4.69, 9.17) is 0 Å². The third-order valence-corrected chi connectivity index (χ3v) is 4.77. The van der Waals surface area contributed by atoms with Crippen LogP contribution in [0.5, 0.6) is 0 Å². The smallest absolute Gasteiger partial charge is 0.139 e. The molecule has 2 aromatic rings. The zero-order chi connectivity index (χ0) is 8.77. The van der Waals surface area contributed by atoms with Crippen molar-refractivity contribution >= 4 is 29.6 Å². The van der Waals surface area contributed by atoms with Crippen molar-refractivity contribution in [2.45, 2.75) is 19.6 Å². The van der Waals surface area contributed by atoms with Gasteiger partial charge in [0.2, 0.25) is 0 Å². The van der Waals surface area contributed by atoms with Crippen molar-refractivity contribution in [3.05, 3.63) is 11.6 Å². The van der Waals surface area contributed by atoms with Crippen LogP contribution in [0.3, 0.4) is 0 Å². The molecule has 0 saturated carbocycles. The van der Waals surface area contributed by atoms with Crippen LogP contribution in [0.1, 0.15) is 0 Å². The highest BCUT2D eigenvalue weighted by Gasteiger charge is 2.21. The third-order valence-electron chi connectivity index (χ3n) is 1.81. The number of rotatable bonds is 1. The molecular weight excluding hydrogens is 186 g/mol. The minimum atomic E-state index is -1.24. The third kappa shape index (κ3) is 1.09. The summed E-state index contributed by atoms with van der Waals surface area (Å²) in [5.74, 6) is 0. The summed E-state index contributed by atoms with van der Waals surface area (Å²) in [5.41, 5.74) is 0. The van der Waals surface area contributed by atoms with Crippen molar-refractivity contribution in [1.82, 2.24) is 14.8 Å². The number of nitrogens with zero attached hydrogens (tertiary/aromatic N) is 3. The van der Waals surface area contributed by atoms with Gasteiger partial charge < -0.3 is 0 Å². The van der Waals surface area contributed by atoms with Crippen LogP contribution in [0.25, 0.3) is 4.83 Å². The molecule has 0 spiro atoms. The van der Waals surface area contributed by atoms with Crippen LogP contribution >= 0.6 is 11.3 Å². The second-order valence-corrected chi connectivity index (χ2v) is 9.76. The molecule has 64 valence electrons. The van der Waals surface area contributed by atoms with Crippen molar-refractivity contribution in [2.24, 2.45) is 0 Å². The van der Waals surface area contributed by atoms with Gasteiger partial charge in [0.25, 0.3) is 0 Å². The number of hydrogen-bond donors (Lipinski definition) is 0. The molecule has 0 atom stereocenters. The molecule has 2 heterocycles. The van der Waals surface area contributed by atoms with Gasteiger partial charge in [0.1, 0.15) is 12.9 Å². The predicted molar refractivity (Wildman–Crippen MR) is 53.8 cm³/mol. The SMILES string of the molecule is C[Si](C)(C)c1csc2cnnn12. The summed E-state index contributed by atoms with van der Waals surface area (Å²) in [7, 11) is -1.24. The van der Waals surface area contributed by atoms with Gasteiger partial charge in [0.05, 0.1) is 6.20 Å². The summed E-state index contributed by atoms with van der Waals surface area (Å²) in [6, 6.07) is 0. The fourth-order valence-electron chi connectivity index (χ4n) is 1.13. The summed E-state index contributed by atoms with van der Waals surface area (Å²) in [5, 5.41) is 11.5. The van der Waals surface area contributed by atoms with E-state index in [-0.39, 0.29) is 0 Å². The Hall–Kier alpha value is -0.683. The van der Waals surface area contributed by atoms with Gasteiger partial charge in [-0.25, -0.2) is 4.52 Å². The Morgan fingerprint density at radius 3 is 2.83 bits per heavy atom. The van der Waals surface area contributed by atoms with E-state index in [1.807, 2.05) is 10.7 Å². The van der Waals surface area contributed by atoms with Gasteiger partial charge >= 0.3 is 0 Å². The fourth-order valence-corrected chi connectivity index (χ4v) is 4.28. The van der Waals surface area contributed by atoms with Crippen LogP contribution in [0.4, 0.5) is 0 Å². The minimum absolute atomic E-state index is 1.15. The van der Waals surface area contributed by atoms with Crippen molar-refractivity contribution in [3.63, 3.8) is 0 Å². The molecule has 0 aliphatic carbocycles. The van der Waals surface area contributed by atoms with Crippen LogP contribution in [0.15, 0.2) is 11.6 Å². The largest absolute Gasteiger partial charge is 0.211 e. The first-order valence-electron chi connectivity index (χ1n) is 3.87. The zero-order valence-electron chi connectivity index (χ0n) is 7.40. The lowest BCUT2D eigenvalue weighted by Gasteiger charge is -2.12. The molecule has 2 rings (SSSR count). The Balaban J connectivity index is 2.69. The normalized spacial score (nSPS) is 12.6. The Bertz CT molecular complexity index is 398. The minimum Gasteiger partial charge on any atom is -0.211 e. The van der Waals surface area contributed by atoms with Gasteiger partial charge in [-0.2, -0.15) is 0 Å². The lowest BCUT2D eigenvalue weighted by molar-refractivity contribution is 0.877. The van der Waals surface area contributed by atoms with Crippen molar-refractivity contribution in [2.75, 3.05) is 0 Å². The molecule has 3 nitrogen and oxygen atoms in total. The monoisotopic (exact) mass is 197 g/mol. The lowest BCUT2D eigenvalue weighted by Crippen LogP contribution is -2.40. The molecule has 12 heavy (non-hydrogen) atoms. The maximum Gasteiger partial charge on any atom is 0.139 e. The number of fused-ring (bicyclic) bond motifs is 1. The number of thiazole rings is 1. The van der Waals surface area contributed by atoms with E-state index in [9.17, 15) is 0 Å². The van der Waals surface area contributed by atoms with E-state index in [1.54, 1.807) is 11.3 Å². The molecule has 0 unspecified atom stereocenters. The Labute approximate surface area is 76.0 Å². The van der Waals surface area contributed by atoms with Gasteiger partial charge in [-0.15, -0.1) is 16.4 Å². The first-order chi connectivity index (χ1) is 5.59. The maximum atomic E-state index is 4.06. The molecule has 0 N–H and O–H groups in total. The second-order valence-electron chi connectivity index (χ2n) is 3.85. The highest BCUT2D eigenvalue weighted by molar-refractivity contribution is 7.17. The molecule has 0 radical (unpaired) electrons. The zero-order valence-corrected chi connectivity index (χ0v) is 9.22. The van der Waals surface area contributed by atoms with E-state index in [1.165, 1.54) is 5.32 Å². The Morgan fingerprint density at radius 1 is 1.42 bits per heavy atom. The van der Waals surface area contributed by atoms with Crippen molar-refractivity contribution in [1.29, 1.82) is 0 Å². The van der Waals surface area contributed by atoms with Crippen LogP contribution in [-0.4, -0.2) is 22.9 Å². The average molecular weight is 197 g/mol. The topological polar surface area (TPSA) is 30.2 Å². The standard InChI is InChI=1S/C7H11N3SSi/c1-12(2,3)7-5-11-6-4-8-9-10(6)7/h4-5H,1-3H3. The van der Waals surface area contributed by atoms with Crippen LogP contribution in [-0.2, 0) is 0 Å². The molecule has 2 aromatic heterocycles. The molecular formula is C7H11N3SSi. The number of hydrogen-bond acceptors (Lipinski definition) is 3. The molecule has 0 amide bonds. The summed E-state index contributed by atoms with van der Waals surface area (Å²) in [6.07, 6.45) is 1.81. The average Bonchev–Trinajstić information content (AvgIpc) is 2.37. The Kier molecular flexibility index (Phi) is 1.59. The Morgan fingerprint density at radius 2 is 2.17 bits per heavy atom. The summed E-state index contributed by atoms with van der Waals surface area (Å²) in [4.78, 5) is 1.15. The van der Waals surface area contributed by atoms with Crippen LogP contribution < -0.4 is 5.32 Å². The molecule has 0 aliphatic heterocycles. The molecule has 0 saturated heterocycles. The van der Waals surface area contributed by atoms with Crippen LogP contribution in [0.2, 0.25) is 19.6 Å². The predicted octanol–water partition coefficient (Wildman–Crippen LogP) is 1.34. The van der Waals surface area contributed by atoms with E-state index in [0.717, 1.165) is 4.83 Å². The van der Waals surface area contributed by atoms with Gasteiger partial charge in [-0.3, -0.25) is 0 Å². The van der Waals surface area contributed by atoms with E-state index in [2.05, 4.69) is 35.3 Å². The van der Waals surface area contributed by atoms with E-state index in [0.29, 0.717) is 0 Å². The van der Waals surface area contributed by atoms with Gasteiger partial charge in [0, 0.05) is 10.7 Å². The second kappa shape index (κ2) is 2.40. The van der Waals surface area contributed by atoms with E-state index >= 15 is 0 Å². The highest BCUT2D eigenvalue weighted by Crippen LogP contribution is 2.11. The lowest BCUT2D eigenvalue weighted by atomic mass is 10.9. The summed E-state index contributed by atoms with van der Waals surface area (Å²) >= 11 is 1.72. The molecule has 0 fully saturated rings. The first kappa shape index (κ1) is 7.94. The summed E-state index contributed by atoms with van der Waals surface area (Å²) < 4.78 is 1.97. The summed E-state index contributed by atoms with van der Waals surface area (Å²) in [6.45, 7) is 6.95.